The van der Waals surface area contributed by atoms with Crippen molar-refractivity contribution in [3.8, 4) is 34.0 Å². The zero-order valence-corrected chi connectivity index (χ0v) is 20.4. The Balaban J connectivity index is 1.61. The number of benzene rings is 1. The number of halogens is 1. The molecule has 1 aliphatic rings. The van der Waals surface area contributed by atoms with Gasteiger partial charge in [-0.05, 0) is 60.4 Å². The summed E-state index contributed by atoms with van der Waals surface area (Å²) in [4.78, 5) is 10.7. The van der Waals surface area contributed by atoms with E-state index >= 15 is 0 Å². The number of ether oxygens (including phenoxy) is 1. The first-order valence-electron chi connectivity index (χ1n) is 11.8. The molecule has 0 bridgehead atoms. The number of nitrogens with one attached hydrogen (secondary N) is 2. The molecular formula is C27H26FN7O2. The van der Waals surface area contributed by atoms with Gasteiger partial charge >= 0.3 is 0 Å². The third-order valence-corrected chi connectivity index (χ3v) is 6.31. The summed E-state index contributed by atoms with van der Waals surface area (Å²) in [7, 11) is 3.14. The first kappa shape index (κ1) is 24.3. The van der Waals surface area contributed by atoms with E-state index in [1.807, 2.05) is 12.1 Å². The molecule has 0 aliphatic heterocycles. The molecule has 4 aromatic rings. The lowest BCUT2D eigenvalue weighted by molar-refractivity contribution is 0.276. The maximum absolute atomic E-state index is 14.2. The smallest absolute Gasteiger partial charge is 0.154 e. The van der Waals surface area contributed by atoms with Crippen LogP contribution in [0.5, 0.6) is 5.75 Å². The quantitative estimate of drug-likeness (QED) is 0.244. The average Bonchev–Trinajstić information content (AvgIpc) is 3.67. The molecule has 0 unspecified atom stereocenters. The molecule has 9 nitrogen and oxygen atoms in total. The van der Waals surface area contributed by atoms with Crippen molar-refractivity contribution in [1.82, 2.24) is 24.6 Å². The minimum Gasteiger partial charge on any atom is -0.494 e. The van der Waals surface area contributed by atoms with Gasteiger partial charge in [-0.15, -0.1) is 0 Å². The van der Waals surface area contributed by atoms with Gasteiger partial charge in [0.1, 0.15) is 23.1 Å². The normalized spacial score (nSPS) is 12.9. The number of aromatic nitrogens is 4. The number of nitrogens with zero attached hydrogens (tertiary/aromatic N) is 5. The van der Waals surface area contributed by atoms with Crippen molar-refractivity contribution in [2.24, 2.45) is 0 Å². The van der Waals surface area contributed by atoms with Gasteiger partial charge in [-0.1, -0.05) is 6.07 Å². The van der Waals surface area contributed by atoms with E-state index in [4.69, 9.17) is 20.5 Å². The predicted molar refractivity (Wildman–Crippen MR) is 138 cm³/mol. The van der Waals surface area contributed by atoms with Crippen LogP contribution in [0.1, 0.15) is 35.7 Å². The highest BCUT2D eigenvalue weighted by molar-refractivity contribution is 6.06. The summed E-state index contributed by atoms with van der Waals surface area (Å²) in [6.45, 7) is -0.193. The average molecular weight is 500 g/mol. The fourth-order valence-electron chi connectivity index (χ4n) is 4.13. The van der Waals surface area contributed by atoms with E-state index in [0.29, 0.717) is 45.6 Å². The molecule has 1 aromatic carbocycles. The number of pyridine rings is 2. The summed E-state index contributed by atoms with van der Waals surface area (Å²) >= 11 is 0. The molecule has 1 fully saturated rings. The van der Waals surface area contributed by atoms with E-state index in [0.717, 1.165) is 30.4 Å². The SMILES string of the molecule is COc1ccc(CO)nc1-c1cnn(-c2cc(-c3ccc(F)cc3C(=N)N(C)C=N)cc(C3CC3)n2)c1. The van der Waals surface area contributed by atoms with Crippen LogP contribution in [-0.4, -0.2) is 56.1 Å². The van der Waals surface area contributed by atoms with E-state index in [2.05, 4.69) is 10.1 Å². The van der Waals surface area contributed by atoms with Crippen LogP contribution in [0.25, 0.3) is 28.2 Å². The minimum atomic E-state index is -0.457. The number of aliphatic hydroxyl groups excluding tert-OH is 1. The molecule has 0 saturated heterocycles. The van der Waals surface area contributed by atoms with Crippen molar-refractivity contribution in [3.63, 3.8) is 0 Å². The molecule has 1 aliphatic carbocycles. The fraction of sp³-hybridized carbons (Fsp3) is 0.222. The van der Waals surface area contributed by atoms with Gasteiger partial charge in [0.05, 0.1) is 31.9 Å². The number of aliphatic hydroxyl groups is 1. The summed E-state index contributed by atoms with van der Waals surface area (Å²) in [5, 5.41) is 30.0. The van der Waals surface area contributed by atoms with Crippen molar-refractivity contribution in [1.29, 1.82) is 10.8 Å². The van der Waals surface area contributed by atoms with Crippen LogP contribution in [0, 0.1) is 16.6 Å². The van der Waals surface area contributed by atoms with Crippen LogP contribution in [-0.2, 0) is 6.61 Å². The Morgan fingerprint density at radius 2 is 2.00 bits per heavy atom. The van der Waals surface area contributed by atoms with Crippen molar-refractivity contribution < 1.29 is 14.2 Å². The lowest BCUT2D eigenvalue weighted by atomic mass is 9.97. The second-order valence-corrected chi connectivity index (χ2v) is 8.88. The van der Waals surface area contributed by atoms with Gasteiger partial charge in [0, 0.05) is 36.0 Å². The summed E-state index contributed by atoms with van der Waals surface area (Å²) < 4.78 is 21.3. The van der Waals surface area contributed by atoms with Crippen molar-refractivity contribution in [2.75, 3.05) is 14.2 Å². The summed E-state index contributed by atoms with van der Waals surface area (Å²) in [5.41, 5.74) is 4.50. The zero-order chi connectivity index (χ0) is 26.1. The number of amidine groups is 1. The number of hydrogen-bond acceptors (Lipinski definition) is 7. The lowest BCUT2D eigenvalue weighted by Gasteiger charge is -2.18. The van der Waals surface area contributed by atoms with E-state index in [-0.39, 0.29) is 12.4 Å². The van der Waals surface area contributed by atoms with Crippen LogP contribution in [0.3, 0.4) is 0 Å². The van der Waals surface area contributed by atoms with Gasteiger partial charge in [0.15, 0.2) is 5.82 Å². The second-order valence-electron chi connectivity index (χ2n) is 8.88. The highest BCUT2D eigenvalue weighted by atomic mass is 19.1. The highest BCUT2D eigenvalue weighted by Crippen LogP contribution is 2.41. The molecule has 1 saturated carbocycles. The van der Waals surface area contributed by atoms with Crippen LogP contribution in [0.15, 0.2) is 54.9 Å². The van der Waals surface area contributed by atoms with Crippen molar-refractivity contribution in [3.05, 3.63) is 77.6 Å². The third-order valence-electron chi connectivity index (χ3n) is 6.31. The van der Waals surface area contributed by atoms with E-state index in [1.165, 1.54) is 17.0 Å². The zero-order valence-electron chi connectivity index (χ0n) is 20.4. The molecule has 10 heteroatoms. The number of hydrogen-bond donors (Lipinski definition) is 3. The summed E-state index contributed by atoms with van der Waals surface area (Å²) in [5.74, 6) is 1.03. The Kier molecular flexibility index (Phi) is 6.49. The predicted octanol–water partition coefficient (Wildman–Crippen LogP) is 4.38. The summed E-state index contributed by atoms with van der Waals surface area (Å²) in [6.07, 6.45) is 6.56. The lowest BCUT2D eigenvalue weighted by Crippen LogP contribution is -2.25. The Morgan fingerprint density at radius 3 is 2.70 bits per heavy atom. The number of methoxy groups -OCH3 is 1. The monoisotopic (exact) mass is 499 g/mol. The van der Waals surface area contributed by atoms with E-state index in [1.54, 1.807) is 49.4 Å². The molecule has 5 rings (SSSR count). The molecule has 37 heavy (non-hydrogen) atoms. The van der Waals surface area contributed by atoms with Crippen molar-refractivity contribution in [2.45, 2.75) is 25.4 Å². The third kappa shape index (κ3) is 4.83. The molecule has 0 amide bonds. The molecule has 0 atom stereocenters. The Hall–Kier alpha value is -4.44. The van der Waals surface area contributed by atoms with Gasteiger partial charge in [0.25, 0.3) is 0 Å². The largest absolute Gasteiger partial charge is 0.494 e. The Bertz CT molecular complexity index is 1500. The molecule has 0 radical (unpaired) electrons. The molecule has 188 valence electrons. The van der Waals surface area contributed by atoms with Crippen LogP contribution in [0.2, 0.25) is 0 Å². The molecular weight excluding hydrogens is 473 g/mol. The van der Waals surface area contributed by atoms with E-state index < -0.39 is 5.82 Å². The molecule has 3 heterocycles. The van der Waals surface area contributed by atoms with Crippen LogP contribution >= 0.6 is 0 Å². The van der Waals surface area contributed by atoms with Gasteiger partial charge in [-0.25, -0.2) is 19.0 Å². The second kappa shape index (κ2) is 9.90. The molecule has 0 spiro atoms. The molecule has 3 aromatic heterocycles. The van der Waals surface area contributed by atoms with Gasteiger partial charge in [-0.2, -0.15) is 5.10 Å². The summed E-state index contributed by atoms with van der Waals surface area (Å²) in [6, 6.07) is 11.6. The fourth-order valence-corrected chi connectivity index (χ4v) is 4.13. The minimum absolute atomic E-state index is 0.0131. The Morgan fingerprint density at radius 1 is 1.19 bits per heavy atom. The first-order chi connectivity index (χ1) is 17.9. The maximum atomic E-state index is 14.2. The van der Waals surface area contributed by atoms with Crippen LogP contribution in [0.4, 0.5) is 4.39 Å². The molecule has 3 N–H and O–H groups in total. The van der Waals surface area contributed by atoms with Crippen LogP contribution < -0.4 is 4.74 Å². The number of rotatable bonds is 8. The van der Waals surface area contributed by atoms with E-state index in [9.17, 15) is 9.50 Å². The first-order valence-corrected chi connectivity index (χ1v) is 11.8. The van der Waals surface area contributed by atoms with Gasteiger partial charge in [-0.3, -0.25) is 10.8 Å². The highest BCUT2D eigenvalue weighted by Gasteiger charge is 2.27. The van der Waals surface area contributed by atoms with Gasteiger partial charge < -0.3 is 14.7 Å². The van der Waals surface area contributed by atoms with Gasteiger partial charge in [0.2, 0.25) is 0 Å². The topological polar surface area (TPSA) is 124 Å². The maximum Gasteiger partial charge on any atom is 0.154 e. The Labute approximate surface area is 213 Å². The van der Waals surface area contributed by atoms with Crippen molar-refractivity contribution >= 4 is 12.2 Å². The standard InChI is InChI=1S/C27H26FN7O2/c1-34(15-29)27(30)22-11-19(28)5-7-21(22)17-9-23(16-3-4-16)33-25(10-17)35-13-18(12-31-35)26-24(37-2)8-6-20(14-36)32-26/h5-13,15-16,29-30,36H,3-4,14H2,1-2H3.